The molecule has 0 unspecified atom stereocenters. The molecule has 0 spiro atoms. The van der Waals surface area contributed by atoms with E-state index in [2.05, 4.69) is 214 Å². The van der Waals surface area contributed by atoms with Crippen LogP contribution in [0.2, 0.25) is 0 Å². The fourth-order valence-electron chi connectivity index (χ4n) is 10.8. The molecule has 5 heteroatoms. The van der Waals surface area contributed by atoms with E-state index in [1.165, 1.54) is 44.0 Å². The quantitative estimate of drug-likeness (QED) is 0.168. The van der Waals surface area contributed by atoms with Gasteiger partial charge in [0.25, 0.3) is 0 Å². The third-order valence-electron chi connectivity index (χ3n) is 15.5. The minimum Gasteiger partial charge on any atom is -0.309 e. The fraction of sp³-hybridized carbons (Fsp3) is 0.150. The van der Waals surface area contributed by atoms with E-state index in [-0.39, 0.29) is 16.2 Å². The van der Waals surface area contributed by atoms with Crippen LogP contribution in [0.5, 0.6) is 0 Å². The zero-order valence-electron chi connectivity index (χ0n) is 37.6. The summed E-state index contributed by atoms with van der Waals surface area (Å²) in [6.45, 7) is 14.5. The number of para-hydroxylation sites is 2. The van der Waals surface area contributed by atoms with E-state index in [1.807, 2.05) is 24.3 Å². The lowest BCUT2D eigenvalue weighted by Gasteiger charge is -2.44. The minimum absolute atomic E-state index is 0.0459. The van der Waals surface area contributed by atoms with Crippen molar-refractivity contribution >= 4 is 43.6 Å². The second kappa shape index (κ2) is 14.2. The van der Waals surface area contributed by atoms with Crippen molar-refractivity contribution in [3.63, 3.8) is 0 Å². The van der Waals surface area contributed by atoms with Crippen molar-refractivity contribution < 1.29 is 0 Å². The summed E-state index contributed by atoms with van der Waals surface area (Å²) in [4.78, 5) is 15.6. The summed E-state index contributed by atoms with van der Waals surface area (Å²) in [6.07, 6.45) is 0. The zero-order valence-corrected chi connectivity index (χ0v) is 37.6. The molecule has 0 fully saturated rings. The number of benzene rings is 8. The number of nitrogens with zero attached hydrogens (tertiary/aromatic N) is 5. The van der Waals surface area contributed by atoms with Gasteiger partial charge in [0.05, 0.1) is 22.1 Å². The van der Waals surface area contributed by atoms with Crippen molar-refractivity contribution in [3.05, 3.63) is 199 Å². The molecule has 0 amide bonds. The van der Waals surface area contributed by atoms with Crippen LogP contribution in [0.3, 0.4) is 0 Å². The van der Waals surface area contributed by atoms with Gasteiger partial charge in [0, 0.05) is 38.4 Å². The van der Waals surface area contributed by atoms with Crippen LogP contribution in [0.1, 0.15) is 52.7 Å². The first-order chi connectivity index (χ1) is 31.5. The Morgan fingerprint density at radius 1 is 0.338 bits per heavy atom. The Balaban J connectivity index is 1.02. The summed E-state index contributed by atoms with van der Waals surface area (Å²) >= 11 is 0. The van der Waals surface area contributed by atoms with Crippen LogP contribution < -0.4 is 0 Å². The number of rotatable bonds is 6. The van der Waals surface area contributed by atoms with Crippen molar-refractivity contribution in [2.45, 2.75) is 52.4 Å². The summed E-state index contributed by atoms with van der Waals surface area (Å²) < 4.78 is 4.64. The van der Waals surface area contributed by atoms with Crippen LogP contribution >= 0.6 is 0 Å². The van der Waals surface area contributed by atoms with E-state index in [9.17, 15) is 0 Å². The third-order valence-corrected chi connectivity index (χ3v) is 15.5. The van der Waals surface area contributed by atoms with Gasteiger partial charge >= 0.3 is 0 Å². The molecule has 314 valence electrons. The molecule has 8 aromatic carbocycles. The van der Waals surface area contributed by atoms with Gasteiger partial charge in [0.15, 0.2) is 11.6 Å². The minimum atomic E-state index is 0.0459. The molecule has 65 heavy (non-hydrogen) atoms. The van der Waals surface area contributed by atoms with Gasteiger partial charge in [-0.25, -0.2) is 4.98 Å². The standard InChI is InChI=1S/C60H49N5/c1-58(2)47-34-31-43(37-48(47)59(3,4)60(58,5)6)40-29-32-44(33-30-40)64-49-23-15-13-21-45(49)53-51(64)35-36-52-54(53)46-22-14-16-24-50(46)65(52)57-62-55(41-19-11-8-12-20-41)61-56(63-57)42-27-25-39(26-28-42)38-17-9-7-10-18-38/h7-37H,1-6H3. The predicted octanol–water partition coefficient (Wildman–Crippen LogP) is 15.3. The zero-order chi connectivity index (χ0) is 44.2. The Labute approximate surface area is 379 Å². The molecule has 0 N–H and O–H groups in total. The van der Waals surface area contributed by atoms with Crippen molar-refractivity contribution in [1.29, 1.82) is 0 Å². The van der Waals surface area contributed by atoms with Gasteiger partial charge in [-0.05, 0) is 86.0 Å². The molecule has 0 saturated heterocycles. The Morgan fingerprint density at radius 3 is 1.38 bits per heavy atom. The smallest absolute Gasteiger partial charge is 0.238 e. The van der Waals surface area contributed by atoms with Crippen LogP contribution in [0, 0.1) is 5.41 Å². The molecule has 3 aromatic heterocycles. The summed E-state index contributed by atoms with van der Waals surface area (Å²) in [6, 6.07) is 67.4. The van der Waals surface area contributed by atoms with Gasteiger partial charge in [-0.2, -0.15) is 9.97 Å². The van der Waals surface area contributed by atoms with E-state index in [4.69, 9.17) is 15.0 Å². The second-order valence-corrected chi connectivity index (χ2v) is 19.3. The van der Waals surface area contributed by atoms with Crippen molar-refractivity contribution in [1.82, 2.24) is 24.1 Å². The molecule has 0 aliphatic heterocycles. The van der Waals surface area contributed by atoms with Crippen LogP contribution in [0.25, 0.3) is 100 Å². The first-order valence-corrected chi connectivity index (χ1v) is 22.7. The monoisotopic (exact) mass is 839 g/mol. The van der Waals surface area contributed by atoms with Crippen molar-refractivity contribution in [2.24, 2.45) is 5.41 Å². The summed E-state index contributed by atoms with van der Waals surface area (Å²) in [5.41, 5.74) is 15.3. The Kier molecular flexibility index (Phi) is 8.51. The largest absolute Gasteiger partial charge is 0.309 e. The van der Waals surface area contributed by atoms with Crippen LogP contribution in [0.4, 0.5) is 0 Å². The van der Waals surface area contributed by atoms with Gasteiger partial charge < -0.3 is 4.57 Å². The second-order valence-electron chi connectivity index (χ2n) is 19.3. The maximum absolute atomic E-state index is 5.28. The Bertz CT molecular complexity index is 3650. The molecule has 0 saturated carbocycles. The van der Waals surface area contributed by atoms with Crippen molar-refractivity contribution in [2.75, 3.05) is 0 Å². The molecule has 1 aliphatic carbocycles. The molecule has 11 aromatic rings. The van der Waals surface area contributed by atoms with Gasteiger partial charge in [0.2, 0.25) is 5.95 Å². The van der Waals surface area contributed by atoms with Crippen LogP contribution in [0.15, 0.2) is 188 Å². The van der Waals surface area contributed by atoms with Gasteiger partial charge in [-0.15, -0.1) is 0 Å². The van der Waals surface area contributed by atoms with E-state index < -0.39 is 0 Å². The number of aromatic nitrogens is 5. The maximum Gasteiger partial charge on any atom is 0.238 e. The summed E-state index contributed by atoms with van der Waals surface area (Å²) in [5.74, 6) is 1.82. The number of hydrogen-bond donors (Lipinski definition) is 0. The molecular weight excluding hydrogens is 791 g/mol. The highest BCUT2D eigenvalue weighted by Crippen LogP contribution is 2.61. The van der Waals surface area contributed by atoms with E-state index in [0.717, 1.165) is 49.8 Å². The first-order valence-electron chi connectivity index (χ1n) is 22.7. The normalized spacial score (nSPS) is 15.0. The van der Waals surface area contributed by atoms with Crippen molar-refractivity contribution in [3.8, 4) is 56.7 Å². The van der Waals surface area contributed by atoms with E-state index >= 15 is 0 Å². The predicted molar refractivity (Wildman–Crippen MR) is 270 cm³/mol. The lowest BCUT2D eigenvalue weighted by atomic mass is 9.59. The highest BCUT2D eigenvalue weighted by molar-refractivity contribution is 6.28. The summed E-state index contributed by atoms with van der Waals surface area (Å²) in [5, 5.41) is 4.72. The highest BCUT2D eigenvalue weighted by atomic mass is 15.2. The average molecular weight is 840 g/mol. The molecule has 0 atom stereocenters. The molecule has 5 nitrogen and oxygen atoms in total. The molecule has 3 heterocycles. The lowest BCUT2D eigenvalue weighted by Crippen LogP contribution is -2.42. The first kappa shape index (κ1) is 39.0. The molecule has 0 radical (unpaired) electrons. The average Bonchev–Trinajstić information content (AvgIpc) is 3.90. The molecule has 12 rings (SSSR count). The van der Waals surface area contributed by atoms with Crippen LogP contribution in [-0.2, 0) is 10.8 Å². The third kappa shape index (κ3) is 5.74. The maximum atomic E-state index is 5.28. The molecular formula is C60H49N5. The molecule has 1 aliphatic rings. The van der Waals surface area contributed by atoms with Gasteiger partial charge in [-0.3, -0.25) is 4.57 Å². The number of fused-ring (bicyclic) bond motifs is 8. The lowest BCUT2D eigenvalue weighted by molar-refractivity contribution is 0.125. The van der Waals surface area contributed by atoms with Crippen LogP contribution in [-0.4, -0.2) is 24.1 Å². The van der Waals surface area contributed by atoms with E-state index in [0.29, 0.717) is 17.6 Å². The van der Waals surface area contributed by atoms with Gasteiger partial charge in [0.1, 0.15) is 0 Å². The Hall–Kier alpha value is -7.63. The fourth-order valence-corrected chi connectivity index (χ4v) is 10.8. The number of hydrogen-bond acceptors (Lipinski definition) is 3. The van der Waals surface area contributed by atoms with Gasteiger partial charge in [-0.1, -0.05) is 193 Å². The van der Waals surface area contributed by atoms with E-state index in [1.54, 1.807) is 0 Å². The topological polar surface area (TPSA) is 48.5 Å². The molecule has 0 bridgehead atoms. The SMILES string of the molecule is CC1(C)c2ccc(-c3ccc(-n4c5ccccc5c5c6c7ccccc7n(-c7nc(-c8ccccc8)nc(-c8ccc(-c9ccccc9)cc8)n7)c6ccc54)cc3)cc2C(C)(C)C1(C)C. The Morgan fingerprint density at radius 2 is 0.769 bits per heavy atom. The summed E-state index contributed by atoms with van der Waals surface area (Å²) in [7, 11) is 0. The highest BCUT2D eigenvalue weighted by Gasteiger charge is 2.56.